The van der Waals surface area contributed by atoms with Crippen LogP contribution in [0.2, 0.25) is 0 Å². The zero-order chi connectivity index (χ0) is 49.7. The molecule has 0 amide bonds. The predicted octanol–water partition coefficient (Wildman–Crippen LogP) is 10.9. The molecule has 0 aliphatic heterocycles. The van der Waals surface area contributed by atoms with Crippen LogP contribution < -0.4 is 0 Å². The molecule has 0 fully saturated rings. The van der Waals surface area contributed by atoms with E-state index in [1.54, 1.807) is 36.4 Å². The number of carbonyl (C=O) groups is 2. The highest BCUT2D eigenvalue weighted by molar-refractivity contribution is 6.04. The van der Waals surface area contributed by atoms with E-state index in [2.05, 4.69) is 0 Å². The summed E-state index contributed by atoms with van der Waals surface area (Å²) in [6, 6.07) is 39.5. The van der Waals surface area contributed by atoms with Gasteiger partial charge in [0, 0.05) is 70.2 Å². The van der Waals surface area contributed by atoms with Crippen LogP contribution in [0.5, 0.6) is 63.2 Å². The molecule has 2 aliphatic carbocycles. The standard InChI is InChI=1S/C29H24O6.C28H22O7.CH4/c1-15-2-4-17(5-3-15)29(35)28-23-13-22(33)14-24(34)27(23)25(16-6-8-19(30)9-7-16)26(28)18-10-20(31)12-21(32)11-18;29-17-5-1-14(2-6-17)24-25(16-9-19(31)11-20(32)10-16)26-22(12-21(33)13-23(26)34)27(24)28(35)15-3-7-18(30)8-4-15;/h2-14,25-26,28,30-34H,1H3;1-13,24-25,27,29-34H;1H4/t25-,26+,28-;24-,25+,27+;/m01./s1. The van der Waals surface area contributed by atoms with Crippen molar-refractivity contribution in [3.8, 4) is 63.2 Å². The number of rotatable bonds is 8. The van der Waals surface area contributed by atoms with Crippen molar-refractivity contribution in [1.29, 1.82) is 0 Å². The van der Waals surface area contributed by atoms with Crippen LogP contribution in [0, 0.1) is 6.92 Å². The third kappa shape index (κ3) is 9.28. The molecule has 8 aromatic rings. The van der Waals surface area contributed by atoms with Gasteiger partial charge in [0.15, 0.2) is 11.6 Å². The van der Waals surface area contributed by atoms with Gasteiger partial charge in [-0.25, -0.2) is 0 Å². The predicted molar refractivity (Wildman–Crippen MR) is 265 cm³/mol. The Balaban J connectivity index is 0.000000188. The number of fused-ring (bicyclic) bond motifs is 2. The second kappa shape index (κ2) is 19.1. The number of aryl methyl sites for hydroxylation is 1. The number of hydrogen-bond acceptors (Lipinski definition) is 13. The van der Waals surface area contributed by atoms with Crippen molar-refractivity contribution in [3.05, 3.63) is 219 Å². The summed E-state index contributed by atoms with van der Waals surface area (Å²) >= 11 is 0. The van der Waals surface area contributed by atoms with Crippen LogP contribution in [0.25, 0.3) is 0 Å². The zero-order valence-electron chi connectivity index (χ0n) is 37.2. The average molecular weight is 955 g/mol. The molecule has 0 spiro atoms. The molecule has 0 saturated carbocycles. The highest BCUT2D eigenvalue weighted by atomic mass is 16.3. The second-order valence-corrected chi connectivity index (χ2v) is 17.8. The molecule has 0 aromatic heterocycles. The Bertz CT molecular complexity index is 3250. The lowest BCUT2D eigenvalue weighted by molar-refractivity contribution is 0.0941. The molecule has 71 heavy (non-hydrogen) atoms. The van der Waals surface area contributed by atoms with Crippen molar-refractivity contribution in [2.75, 3.05) is 0 Å². The van der Waals surface area contributed by atoms with Gasteiger partial charge in [-0.3, -0.25) is 9.59 Å². The van der Waals surface area contributed by atoms with Gasteiger partial charge in [-0.15, -0.1) is 0 Å². The minimum Gasteiger partial charge on any atom is -0.508 e. The first-order chi connectivity index (χ1) is 33.4. The Morgan fingerprint density at radius 2 is 0.662 bits per heavy atom. The first kappa shape index (κ1) is 48.4. The van der Waals surface area contributed by atoms with Crippen LogP contribution in [-0.2, 0) is 0 Å². The largest absolute Gasteiger partial charge is 0.508 e. The van der Waals surface area contributed by atoms with Gasteiger partial charge in [-0.1, -0.05) is 61.5 Å². The molecule has 13 heteroatoms. The zero-order valence-corrected chi connectivity index (χ0v) is 37.2. The molecule has 0 heterocycles. The van der Waals surface area contributed by atoms with Crippen LogP contribution >= 0.6 is 0 Å². The fourth-order valence-corrected chi connectivity index (χ4v) is 10.4. The van der Waals surface area contributed by atoms with Crippen LogP contribution in [0.3, 0.4) is 0 Å². The summed E-state index contributed by atoms with van der Waals surface area (Å²) in [5, 5.41) is 113. The molecular formula is C58H50O13. The molecule has 6 atom stereocenters. The summed E-state index contributed by atoms with van der Waals surface area (Å²) in [7, 11) is 0. The Hall–Kier alpha value is -9.10. The normalized spacial score (nSPS) is 18.5. The topological polar surface area (TPSA) is 257 Å². The number of ketones is 2. The van der Waals surface area contributed by atoms with E-state index in [1.165, 1.54) is 109 Å². The van der Waals surface area contributed by atoms with Crippen molar-refractivity contribution in [3.63, 3.8) is 0 Å². The monoisotopic (exact) mass is 954 g/mol. The molecule has 2 aliphatic rings. The molecule has 13 nitrogen and oxygen atoms in total. The lowest BCUT2D eigenvalue weighted by Crippen LogP contribution is -2.20. The lowest BCUT2D eigenvalue weighted by atomic mass is 9.75. The van der Waals surface area contributed by atoms with Gasteiger partial charge in [0.1, 0.15) is 63.2 Å². The van der Waals surface area contributed by atoms with E-state index < -0.39 is 35.5 Å². The van der Waals surface area contributed by atoms with Crippen LogP contribution in [0.1, 0.15) is 114 Å². The molecule has 11 N–H and O–H groups in total. The SMILES string of the molecule is C.Cc1ccc(C(=O)[C@H]2c3cc(O)cc(O)c3[C@@H](c3ccc(O)cc3)[C@H]2c2cc(O)cc(O)c2)cc1.O=C(c1ccc(O)cc1)[C@H]1c2cc(O)cc(O)c2[C@@H](c2cc(O)cc(O)c2)[C@H]1c1ccc(O)cc1. The van der Waals surface area contributed by atoms with Crippen LogP contribution in [0.4, 0.5) is 0 Å². The quantitative estimate of drug-likeness (QED) is 0.0635. The van der Waals surface area contributed by atoms with Gasteiger partial charge >= 0.3 is 0 Å². The van der Waals surface area contributed by atoms with Gasteiger partial charge in [-0.2, -0.15) is 0 Å². The molecule has 360 valence electrons. The summed E-state index contributed by atoms with van der Waals surface area (Å²) in [6.45, 7) is 1.92. The number of aromatic hydroxyl groups is 11. The first-order valence-electron chi connectivity index (χ1n) is 22.1. The smallest absolute Gasteiger partial charge is 0.170 e. The first-order valence-corrected chi connectivity index (χ1v) is 22.1. The van der Waals surface area contributed by atoms with E-state index in [1.807, 2.05) is 19.1 Å². The fourth-order valence-electron chi connectivity index (χ4n) is 10.4. The molecule has 8 aromatic carbocycles. The maximum absolute atomic E-state index is 14.0. The average Bonchev–Trinajstić information content (AvgIpc) is 3.83. The van der Waals surface area contributed by atoms with E-state index in [-0.39, 0.29) is 82.2 Å². The highest BCUT2D eigenvalue weighted by Gasteiger charge is 2.49. The second-order valence-electron chi connectivity index (χ2n) is 17.8. The third-order valence-electron chi connectivity index (χ3n) is 13.3. The maximum atomic E-state index is 14.0. The molecule has 0 bridgehead atoms. The van der Waals surface area contributed by atoms with Gasteiger partial charge in [0.05, 0.1) is 11.8 Å². The van der Waals surface area contributed by atoms with E-state index >= 15 is 0 Å². The summed E-state index contributed by atoms with van der Waals surface area (Å²) < 4.78 is 0. The Morgan fingerprint density at radius 1 is 0.338 bits per heavy atom. The number of phenolic OH excluding ortho intramolecular Hbond substituents is 11. The van der Waals surface area contributed by atoms with Gasteiger partial charge < -0.3 is 56.2 Å². The highest BCUT2D eigenvalue weighted by Crippen LogP contribution is 2.61. The third-order valence-corrected chi connectivity index (χ3v) is 13.3. The number of carbonyl (C=O) groups excluding carboxylic acids is 2. The Kier molecular flexibility index (Phi) is 13.0. The minimum absolute atomic E-state index is 0. The molecular weight excluding hydrogens is 905 g/mol. The molecule has 10 rings (SSSR count). The number of benzene rings is 8. The van der Waals surface area contributed by atoms with Crippen LogP contribution in [0.15, 0.2) is 158 Å². The number of hydrogen-bond donors (Lipinski definition) is 11. The number of phenols is 11. The lowest BCUT2D eigenvalue weighted by Gasteiger charge is -2.26. The van der Waals surface area contributed by atoms with Crippen molar-refractivity contribution in [1.82, 2.24) is 0 Å². The van der Waals surface area contributed by atoms with E-state index in [0.29, 0.717) is 50.1 Å². The number of Topliss-reactive ketones (excluding diaryl/α,β-unsaturated/α-hetero) is 2. The van der Waals surface area contributed by atoms with E-state index in [9.17, 15) is 65.8 Å². The van der Waals surface area contributed by atoms with Gasteiger partial charge in [0.2, 0.25) is 0 Å². The summed E-state index contributed by atoms with van der Waals surface area (Å²) in [4.78, 5) is 27.9. The molecule has 0 saturated heterocycles. The van der Waals surface area contributed by atoms with Crippen molar-refractivity contribution >= 4 is 11.6 Å². The van der Waals surface area contributed by atoms with Gasteiger partial charge in [-0.05, 0) is 125 Å². The Labute approximate surface area is 408 Å². The van der Waals surface area contributed by atoms with Crippen molar-refractivity contribution < 1.29 is 65.8 Å². The summed E-state index contributed by atoms with van der Waals surface area (Å²) in [6.07, 6.45) is 0. The molecule has 0 unspecified atom stereocenters. The van der Waals surface area contributed by atoms with Crippen molar-refractivity contribution in [2.24, 2.45) is 0 Å². The van der Waals surface area contributed by atoms with E-state index in [0.717, 1.165) is 11.1 Å². The van der Waals surface area contributed by atoms with Crippen LogP contribution in [-0.4, -0.2) is 67.7 Å². The van der Waals surface area contributed by atoms with Gasteiger partial charge in [0.25, 0.3) is 0 Å². The minimum atomic E-state index is -0.869. The Morgan fingerprint density at radius 3 is 1.08 bits per heavy atom. The molecule has 0 radical (unpaired) electrons. The maximum Gasteiger partial charge on any atom is 0.170 e. The summed E-state index contributed by atoms with van der Waals surface area (Å²) in [5.74, 6) is -6.06. The van der Waals surface area contributed by atoms with Crippen molar-refractivity contribution in [2.45, 2.75) is 49.9 Å². The fraction of sp³-hybridized carbons (Fsp3) is 0.138. The van der Waals surface area contributed by atoms with E-state index in [4.69, 9.17) is 0 Å². The summed E-state index contributed by atoms with van der Waals surface area (Å²) in [5.41, 5.74) is 5.89.